The number of benzene rings is 1. The predicted molar refractivity (Wildman–Crippen MR) is 118 cm³/mol. The van der Waals surface area contributed by atoms with Gasteiger partial charge in [0.05, 0.1) is 0 Å². The normalized spacial score (nSPS) is 23.3. The van der Waals surface area contributed by atoms with Crippen molar-refractivity contribution in [2.24, 2.45) is 0 Å². The third kappa shape index (κ3) is 6.45. The molecule has 3 fully saturated rings. The Morgan fingerprint density at radius 2 is 1.12 bits per heavy atom. The number of halogens is 6. The van der Waals surface area contributed by atoms with Crippen molar-refractivity contribution in [1.29, 1.82) is 0 Å². The van der Waals surface area contributed by atoms with Crippen LogP contribution in [0.25, 0.3) is 11.0 Å². The third-order valence-electron chi connectivity index (χ3n) is 5.86. The van der Waals surface area contributed by atoms with Gasteiger partial charge in [0, 0.05) is 39.3 Å². The molecule has 0 saturated carbocycles. The first kappa shape index (κ1) is 24.9. The molecule has 0 aliphatic carbocycles. The van der Waals surface area contributed by atoms with Crippen LogP contribution in [0.4, 0.5) is 25.2 Å². The second-order valence-corrected chi connectivity index (χ2v) is 13.3. The molecule has 33 heavy (non-hydrogen) atoms. The minimum atomic E-state index is -10.7. The molecule has 3 aliphatic rings. The molecule has 188 valence electrons. The topological polar surface area (TPSA) is 49.7 Å². The number of hydrogen-bond acceptors (Lipinski definition) is 6. The van der Waals surface area contributed by atoms with Crippen LogP contribution < -0.4 is 4.62 Å². The number of para-hydroxylation sites is 1. The molecule has 0 N–H and O–H groups in total. The summed E-state index contributed by atoms with van der Waals surface area (Å²) in [5, 5.41) is 8.72. The van der Waals surface area contributed by atoms with Crippen molar-refractivity contribution in [3.05, 3.63) is 24.3 Å². The van der Waals surface area contributed by atoms with E-state index in [9.17, 15) is 25.2 Å². The minimum absolute atomic E-state index is 0. The summed E-state index contributed by atoms with van der Waals surface area (Å²) in [6.07, 6.45) is 7.61. The van der Waals surface area contributed by atoms with Crippen molar-refractivity contribution in [2.75, 3.05) is 39.3 Å². The Morgan fingerprint density at radius 1 is 0.727 bits per heavy atom. The number of fused-ring (bicyclic) bond motifs is 1. The summed E-state index contributed by atoms with van der Waals surface area (Å²) in [5.41, 5.74) is 1.87. The molecule has 5 rings (SSSR count). The Kier molecular flexibility index (Phi) is 6.36. The number of aromatic nitrogens is 3. The van der Waals surface area contributed by atoms with E-state index in [0.717, 1.165) is 50.3 Å². The van der Waals surface area contributed by atoms with E-state index in [2.05, 4.69) is 30.4 Å². The quantitative estimate of drug-likeness (QED) is 0.339. The molecular formula is C18H29F6N6OP2+. The van der Waals surface area contributed by atoms with Crippen LogP contribution in [0.1, 0.15) is 40.0 Å². The van der Waals surface area contributed by atoms with Crippen LogP contribution in [-0.2, 0) is 0 Å². The molecule has 1 aromatic heterocycles. The Balaban J connectivity index is 0.000000357. The first-order chi connectivity index (χ1) is 15.3. The molecular weight excluding hydrogens is 492 g/mol. The molecule has 0 amide bonds. The molecule has 1 aromatic carbocycles. The van der Waals surface area contributed by atoms with Crippen molar-refractivity contribution in [3.63, 3.8) is 0 Å². The van der Waals surface area contributed by atoms with Crippen LogP contribution in [0.2, 0.25) is 0 Å². The zero-order chi connectivity index (χ0) is 23.8. The predicted octanol–water partition coefficient (Wildman–Crippen LogP) is 6.32. The van der Waals surface area contributed by atoms with Crippen LogP contribution in [0.3, 0.4) is 0 Å². The van der Waals surface area contributed by atoms with Crippen molar-refractivity contribution in [2.45, 2.75) is 38.5 Å². The van der Waals surface area contributed by atoms with Gasteiger partial charge in [-0.15, -0.1) is 19.1 Å². The summed E-state index contributed by atoms with van der Waals surface area (Å²) in [5.74, 6) is 0. The largest absolute Gasteiger partial charge is 1.00 e. The summed E-state index contributed by atoms with van der Waals surface area (Å²) in [4.78, 5) is 1.72. The molecule has 4 heterocycles. The number of rotatable bonds is 5. The first-order valence-electron chi connectivity index (χ1n) is 11.1. The molecule has 0 unspecified atom stereocenters. The van der Waals surface area contributed by atoms with E-state index < -0.39 is 15.8 Å². The Bertz CT molecular complexity index is 911. The van der Waals surface area contributed by atoms with Crippen LogP contribution >= 0.6 is 15.8 Å². The molecule has 0 radical (unpaired) electrons. The van der Waals surface area contributed by atoms with Gasteiger partial charge >= 0.3 is 42.4 Å². The van der Waals surface area contributed by atoms with Gasteiger partial charge < -0.3 is 0 Å². The monoisotopic (exact) mass is 521 g/mol. The van der Waals surface area contributed by atoms with Crippen molar-refractivity contribution in [3.8, 4) is 0 Å². The van der Waals surface area contributed by atoms with Crippen molar-refractivity contribution < 1.29 is 31.2 Å². The Labute approximate surface area is 189 Å². The summed E-state index contributed by atoms with van der Waals surface area (Å²) in [6, 6.07) is 8.10. The average Bonchev–Trinajstić information content (AvgIpc) is 3.53. The van der Waals surface area contributed by atoms with Gasteiger partial charge in [-0.3, -0.25) is 0 Å². The maximum Gasteiger partial charge on any atom is 1.00 e. The van der Waals surface area contributed by atoms with Crippen LogP contribution in [0, 0.1) is 0 Å². The fourth-order valence-corrected chi connectivity index (χ4v) is 8.71. The maximum atomic E-state index is 9.87. The van der Waals surface area contributed by atoms with Gasteiger partial charge in [-0.05, 0) is 60.7 Å². The minimum Gasteiger partial charge on any atom is -0.183 e. The molecule has 0 bridgehead atoms. The van der Waals surface area contributed by atoms with E-state index in [1.807, 2.05) is 18.2 Å². The molecule has 3 saturated heterocycles. The zero-order valence-electron chi connectivity index (χ0n) is 19.0. The van der Waals surface area contributed by atoms with E-state index in [1.54, 1.807) is 4.85 Å². The van der Waals surface area contributed by atoms with E-state index in [-0.39, 0.29) is 1.43 Å². The number of hydrogen-bond donors (Lipinski definition) is 0. The summed E-state index contributed by atoms with van der Waals surface area (Å²) in [7, 11) is -12.7. The Hall–Kier alpha value is -1.26. The zero-order valence-corrected chi connectivity index (χ0v) is 19.8. The first-order valence-corrected chi connectivity index (χ1v) is 14.6. The van der Waals surface area contributed by atoms with Gasteiger partial charge in [-0.2, -0.15) is 4.62 Å². The molecule has 15 heteroatoms. The van der Waals surface area contributed by atoms with E-state index >= 15 is 0 Å². The second kappa shape index (κ2) is 8.45. The van der Waals surface area contributed by atoms with Gasteiger partial charge in [-0.25, -0.2) is 0 Å². The van der Waals surface area contributed by atoms with Gasteiger partial charge in [0.1, 0.15) is 11.0 Å². The summed E-state index contributed by atoms with van der Waals surface area (Å²) < 4.78 is 74.1. The van der Waals surface area contributed by atoms with Crippen LogP contribution in [0.5, 0.6) is 0 Å². The van der Waals surface area contributed by atoms with Gasteiger partial charge in [0.15, 0.2) is 0 Å². The van der Waals surface area contributed by atoms with Crippen molar-refractivity contribution >= 4 is 26.8 Å². The van der Waals surface area contributed by atoms with E-state index in [1.165, 1.54) is 38.5 Å². The Morgan fingerprint density at radius 3 is 1.55 bits per heavy atom. The van der Waals surface area contributed by atoms with Gasteiger partial charge in [-0.1, -0.05) is 12.1 Å². The molecule has 7 nitrogen and oxygen atoms in total. The van der Waals surface area contributed by atoms with Gasteiger partial charge in [0.2, 0.25) is 0 Å². The average molecular weight is 521 g/mol. The van der Waals surface area contributed by atoms with E-state index in [0.29, 0.717) is 0 Å². The third-order valence-corrected chi connectivity index (χ3v) is 9.65. The molecule has 0 spiro atoms. The fraction of sp³-hybridized carbons (Fsp3) is 0.667. The smallest absolute Gasteiger partial charge is 0.183 e. The van der Waals surface area contributed by atoms with Crippen molar-refractivity contribution in [1.82, 2.24) is 29.2 Å². The molecule has 2 aromatic rings. The second-order valence-electron chi connectivity index (χ2n) is 8.49. The molecule has 3 aliphatic heterocycles. The van der Waals surface area contributed by atoms with E-state index in [4.69, 9.17) is 4.62 Å². The molecule has 0 atom stereocenters. The standard InChI is InChI=1S/C18H28N6OP.F6P/c1-2-10-18-17(9-1)19-20-24(18)25-26(21-11-3-4-12-21,22-13-5-6-14-22)23-15-7-8-16-23;1-7(2,3,4,5)6/h1-2,9-10H,3-8,11-16H2;/q+1;-1/p+1. The summed E-state index contributed by atoms with van der Waals surface area (Å²) in [6.45, 7) is 6.79. The SMILES string of the molecule is F[P-](F)(F)(F)(F)F.[H+].c1ccc2c(c1)nnn2O[P+](N1CCCC1)(N1CCCC1)N1CCCC1. The number of nitrogens with zero attached hydrogens (tertiary/aromatic N) is 6. The summed E-state index contributed by atoms with van der Waals surface area (Å²) >= 11 is 0. The van der Waals surface area contributed by atoms with Crippen LogP contribution in [-0.4, -0.2) is 68.4 Å². The van der Waals surface area contributed by atoms with Crippen LogP contribution in [0.15, 0.2) is 24.3 Å². The maximum absolute atomic E-state index is 10.7. The fourth-order valence-electron chi connectivity index (χ4n) is 4.59. The van der Waals surface area contributed by atoms with Gasteiger partial charge in [0.25, 0.3) is 0 Å².